The fourth-order valence-electron chi connectivity index (χ4n) is 7.34. The first-order valence-corrected chi connectivity index (χ1v) is 23.7. The van der Waals surface area contributed by atoms with Crippen LogP contribution in [0.2, 0.25) is 0 Å². The Hall–Kier alpha value is -1.59. The van der Waals surface area contributed by atoms with E-state index in [1.165, 1.54) is 135 Å². The number of rotatable bonds is 39. The highest BCUT2D eigenvalue weighted by Gasteiger charge is 2.44. The third-order valence-corrected chi connectivity index (χ3v) is 11.2. The Kier molecular flexibility index (Phi) is 36.2. The monoisotopic (exact) mass is 808 g/mol. The van der Waals surface area contributed by atoms with Gasteiger partial charge in [-0.1, -0.05) is 179 Å². The Morgan fingerprint density at radius 1 is 0.579 bits per heavy atom. The molecule has 7 unspecified atom stereocenters. The molecule has 9 nitrogen and oxygen atoms in total. The highest BCUT2D eigenvalue weighted by atomic mass is 16.7. The maximum Gasteiger partial charge on any atom is 0.220 e. The summed E-state index contributed by atoms with van der Waals surface area (Å²) in [7, 11) is 0. The minimum absolute atomic E-state index is 0.192. The van der Waals surface area contributed by atoms with Crippen molar-refractivity contribution in [1.82, 2.24) is 5.32 Å². The van der Waals surface area contributed by atoms with Gasteiger partial charge in [-0.25, -0.2) is 0 Å². The summed E-state index contributed by atoms with van der Waals surface area (Å²) < 4.78 is 11.2. The van der Waals surface area contributed by atoms with E-state index in [1.54, 1.807) is 6.08 Å². The Balaban J connectivity index is 2.34. The average Bonchev–Trinajstić information content (AvgIpc) is 3.21. The van der Waals surface area contributed by atoms with E-state index in [1.807, 2.05) is 6.08 Å². The van der Waals surface area contributed by atoms with Crippen LogP contribution in [0.4, 0.5) is 0 Å². The van der Waals surface area contributed by atoms with Gasteiger partial charge in [-0.15, -0.1) is 0 Å². The second-order valence-electron chi connectivity index (χ2n) is 16.5. The van der Waals surface area contributed by atoms with Gasteiger partial charge in [0.25, 0.3) is 0 Å². The average molecular weight is 808 g/mol. The van der Waals surface area contributed by atoms with Gasteiger partial charge in [0, 0.05) is 6.42 Å². The van der Waals surface area contributed by atoms with Crippen LogP contribution in [0.1, 0.15) is 206 Å². The van der Waals surface area contributed by atoms with Crippen molar-refractivity contribution in [1.29, 1.82) is 0 Å². The molecule has 0 spiro atoms. The molecule has 1 fully saturated rings. The summed E-state index contributed by atoms with van der Waals surface area (Å²) in [6.45, 7) is 3.75. The van der Waals surface area contributed by atoms with Crippen molar-refractivity contribution in [2.75, 3.05) is 13.2 Å². The predicted octanol–water partition coefficient (Wildman–Crippen LogP) is 10.1. The summed E-state index contributed by atoms with van der Waals surface area (Å²) in [6.07, 6.45) is 40.5. The molecule has 6 N–H and O–H groups in total. The second-order valence-corrected chi connectivity index (χ2v) is 16.5. The lowest BCUT2D eigenvalue weighted by Gasteiger charge is -2.40. The molecule has 0 aromatic heterocycles. The largest absolute Gasteiger partial charge is 0.394 e. The molecule has 1 heterocycles. The van der Waals surface area contributed by atoms with E-state index in [-0.39, 0.29) is 12.5 Å². The first-order valence-electron chi connectivity index (χ1n) is 23.7. The highest BCUT2D eigenvalue weighted by molar-refractivity contribution is 5.76. The maximum absolute atomic E-state index is 13.0. The van der Waals surface area contributed by atoms with Gasteiger partial charge in [-0.3, -0.25) is 4.79 Å². The van der Waals surface area contributed by atoms with Crippen LogP contribution in [-0.4, -0.2) is 87.5 Å². The lowest BCUT2D eigenvalue weighted by atomic mass is 9.99. The van der Waals surface area contributed by atoms with Crippen molar-refractivity contribution in [2.24, 2.45) is 0 Å². The quantitative estimate of drug-likeness (QED) is 0.0266. The van der Waals surface area contributed by atoms with E-state index < -0.39 is 49.5 Å². The Morgan fingerprint density at radius 2 is 1.00 bits per heavy atom. The number of aliphatic hydroxyl groups is 5. The molecule has 334 valence electrons. The highest BCUT2D eigenvalue weighted by Crippen LogP contribution is 2.22. The lowest BCUT2D eigenvalue weighted by Crippen LogP contribution is -2.60. The molecule has 7 atom stereocenters. The van der Waals surface area contributed by atoms with Gasteiger partial charge < -0.3 is 40.3 Å². The summed E-state index contributed by atoms with van der Waals surface area (Å²) >= 11 is 0. The van der Waals surface area contributed by atoms with E-state index in [2.05, 4.69) is 43.5 Å². The van der Waals surface area contributed by atoms with Crippen LogP contribution >= 0.6 is 0 Å². The number of aliphatic hydroxyl groups excluding tert-OH is 5. The van der Waals surface area contributed by atoms with E-state index in [9.17, 15) is 30.3 Å². The van der Waals surface area contributed by atoms with Gasteiger partial charge in [0.05, 0.1) is 25.4 Å². The van der Waals surface area contributed by atoms with E-state index in [0.29, 0.717) is 6.42 Å². The number of unbranched alkanes of at least 4 members (excludes halogenated alkanes) is 25. The van der Waals surface area contributed by atoms with Crippen molar-refractivity contribution >= 4 is 5.91 Å². The molecular weight excluding hydrogens is 719 g/mol. The summed E-state index contributed by atoms with van der Waals surface area (Å²) in [4.78, 5) is 13.0. The zero-order chi connectivity index (χ0) is 41.6. The van der Waals surface area contributed by atoms with Crippen LogP contribution in [0.5, 0.6) is 0 Å². The first kappa shape index (κ1) is 53.4. The number of hydrogen-bond acceptors (Lipinski definition) is 8. The molecule has 0 aromatic carbocycles. The molecule has 9 heteroatoms. The summed E-state index contributed by atoms with van der Waals surface area (Å²) in [5.41, 5.74) is 0. The van der Waals surface area contributed by atoms with E-state index >= 15 is 0 Å². The summed E-state index contributed by atoms with van der Waals surface area (Å²) in [6, 6.07) is -0.821. The van der Waals surface area contributed by atoms with Gasteiger partial charge in [-0.2, -0.15) is 0 Å². The number of carbonyl (C=O) groups is 1. The fraction of sp³-hybridized carbons (Fsp3) is 0.854. The van der Waals surface area contributed by atoms with Gasteiger partial charge >= 0.3 is 0 Å². The van der Waals surface area contributed by atoms with Crippen molar-refractivity contribution in [2.45, 2.75) is 249 Å². The third kappa shape index (κ3) is 29.3. The molecule has 1 aliphatic rings. The Morgan fingerprint density at radius 3 is 1.47 bits per heavy atom. The lowest BCUT2D eigenvalue weighted by molar-refractivity contribution is -0.302. The van der Waals surface area contributed by atoms with Gasteiger partial charge in [0.15, 0.2) is 6.29 Å². The second kappa shape index (κ2) is 38.6. The van der Waals surface area contributed by atoms with Crippen LogP contribution in [0.3, 0.4) is 0 Å². The fourth-order valence-corrected chi connectivity index (χ4v) is 7.34. The molecule has 1 aliphatic heterocycles. The van der Waals surface area contributed by atoms with Crippen LogP contribution in [0, 0.1) is 0 Å². The van der Waals surface area contributed by atoms with Crippen molar-refractivity contribution < 1.29 is 39.8 Å². The first-order chi connectivity index (χ1) is 27.8. The van der Waals surface area contributed by atoms with Crippen molar-refractivity contribution in [3.05, 3.63) is 36.5 Å². The van der Waals surface area contributed by atoms with Gasteiger partial charge in [-0.05, 0) is 57.8 Å². The van der Waals surface area contributed by atoms with Crippen LogP contribution in [0.25, 0.3) is 0 Å². The number of amides is 1. The molecule has 0 bridgehead atoms. The van der Waals surface area contributed by atoms with Gasteiger partial charge in [0.2, 0.25) is 5.91 Å². The van der Waals surface area contributed by atoms with Crippen molar-refractivity contribution in [3.63, 3.8) is 0 Å². The standard InChI is InChI=1S/C48H89NO8/c1-3-5-7-9-11-13-15-17-19-20-21-22-23-24-26-28-30-32-34-36-38-44(52)49-41(40-56-48-47(55)46(54)45(53)43(39-50)57-48)42(51)37-35-33-31-29-27-25-18-16-14-12-10-8-6-4-2/h21-22,27,29,35,37,41-43,45-48,50-51,53-55H,3-20,23-26,28,30-34,36,38-40H2,1-2H3,(H,49,52)/b22-21-,29-27+,37-35+. The normalized spacial score (nSPS) is 21.3. The predicted molar refractivity (Wildman–Crippen MR) is 235 cm³/mol. The number of hydrogen-bond donors (Lipinski definition) is 6. The Bertz CT molecular complexity index is 987. The summed E-state index contributed by atoms with van der Waals surface area (Å²) in [5, 5.41) is 54.2. The van der Waals surface area contributed by atoms with Crippen LogP contribution in [0.15, 0.2) is 36.5 Å². The SMILES string of the molecule is CCCCCCCCCC/C=C/CC/C=C/C(O)C(COC1OC(CO)C(O)C(O)C1O)NC(=O)CCCCCCCCC/C=C\CCCCCCCCCCC. The molecule has 0 saturated carbocycles. The summed E-state index contributed by atoms with van der Waals surface area (Å²) in [5.74, 6) is -0.192. The Labute approximate surface area is 349 Å². The molecule has 1 rings (SSSR count). The molecule has 0 aliphatic carbocycles. The minimum Gasteiger partial charge on any atom is -0.394 e. The molecule has 1 amide bonds. The maximum atomic E-state index is 13.0. The van der Waals surface area contributed by atoms with E-state index in [0.717, 1.165) is 51.4 Å². The molecule has 1 saturated heterocycles. The van der Waals surface area contributed by atoms with E-state index in [4.69, 9.17) is 9.47 Å². The zero-order valence-corrected chi connectivity index (χ0v) is 36.6. The number of allylic oxidation sites excluding steroid dienone is 5. The third-order valence-electron chi connectivity index (χ3n) is 11.2. The minimum atomic E-state index is -1.57. The van der Waals surface area contributed by atoms with Crippen LogP contribution in [-0.2, 0) is 14.3 Å². The number of carbonyl (C=O) groups excluding carboxylic acids is 1. The molecule has 0 aromatic rings. The smallest absolute Gasteiger partial charge is 0.220 e. The zero-order valence-electron chi connectivity index (χ0n) is 36.6. The molecule has 57 heavy (non-hydrogen) atoms. The van der Waals surface area contributed by atoms with Gasteiger partial charge in [0.1, 0.15) is 24.4 Å². The number of nitrogens with one attached hydrogen (secondary N) is 1. The topological polar surface area (TPSA) is 149 Å². The van der Waals surface area contributed by atoms with Crippen LogP contribution < -0.4 is 5.32 Å². The van der Waals surface area contributed by atoms with Crippen molar-refractivity contribution in [3.8, 4) is 0 Å². The molecule has 0 radical (unpaired) electrons. The molecular formula is C48H89NO8. The number of ether oxygens (including phenoxy) is 2.